The second-order valence-electron chi connectivity index (χ2n) is 4.65. The fourth-order valence-electron chi connectivity index (χ4n) is 1.89. The molecule has 1 aromatic heterocycles. The van der Waals surface area contributed by atoms with Crippen LogP contribution in [0.4, 0.5) is 11.9 Å². The zero-order chi connectivity index (χ0) is 15.8. The van der Waals surface area contributed by atoms with E-state index in [2.05, 4.69) is 25.6 Å². The van der Waals surface area contributed by atoms with Gasteiger partial charge in [0, 0.05) is 13.2 Å². The van der Waals surface area contributed by atoms with Gasteiger partial charge in [-0.1, -0.05) is 30.3 Å². The molecule has 0 aliphatic heterocycles. The highest BCUT2D eigenvalue weighted by atomic mass is 35.5. The normalized spacial score (nSPS) is 12.0. The zero-order valence-electron chi connectivity index (χ0n) is 12.7. The summed E-state index contributed by atoms with van der Waals surface area (Å²) in [7, 11) is 0. The van der Waals surface area contributed by atoms with Gasteiger partial charge in [-0.25, -0.2) is 0 Å². The van der Waals surface area contributed by atoms with Crippen LogP contribution in [0, 0.1) is 0 Å². The number of anilines is 2. The van der Waals surface area contributed by atoms with Crippen LogP contribution in [-0.4, -0.2) is 34.7 Å². The number of hydrogen-bond acceptors (Lipinski definition) is 6. The highest BCUT2D eigenvalue weighted by Gasteiger charge is 2.09. The van der Waals surface area contributed by atoms with Gasteiger partial charge in [0.05, 0.1) is 12.6 Å². The van der Waals surface area contributed by atoms with Crippen molar-refractivity contribution in [2.75, 3.05) is 30.4 Å². The third kappa shape index (κ3) is 5.13. The topological polar surface area (TPSA) is 72.0 Å². The van der Waals surface area contributed by atoms with Crippen molar-refractivity contribution in [1.29, 1.82) is 0 Å². The molecule has 0 fully saturated rings. The summed E-state index contributed by atoms with van der Waals surface area (Å²) >= 11 is 5.95. The summed E-state index contributed by atoms with van der Waals surface area (Å²) in [5.74, 6) is 0.873. The Morgan fingerprint density at radius 3 is 2.59 bits per heavy atom. The predicted octanol–water partition coefficient (Wildman–Crippen LogP) is 3.15. The lowest BCUT2D eigenvalue weighted by atomic mass is 10.1. The van der Waals surface area contributed by atoms with Crippen LogP contribution in [0.2, 0.25) is 5.28 Å². The molecule has 0 bridgehead atoms. The Morgan fingerprint density at radius 2 is 1.86 bits per heavy atom. The molecule has 7 heteroatoms. The van der Waals surface area contributed by atoms with Gasteiger partial charge in [-0.05, 0) is 31.0 Å². The number of halogens is 1. The van der Waals surface area contributed by atoms with Crippen LogP contribution < -0.4 is 10.6 Å². The van der Waals surface area contributed by atoms with Crippen molar-refractivity contribution < 1.29 is 4.74 Å². The Hall–Kier alpha value is -1.92. The largest absolute Gasteiger partial charge is 0.380 e. The molecule has 1 heterocycles. The lowest BCUT2D eigenvalue weighted by Gasteiger charge is -2.14. The molecule has 2 N–H and O–H groups in total. The quantitative estimate of drug-likeness (QED) is 0.728. The molecule has 0 amide bonds. The van der Waals surface area contributed by atoms with Crippen LogP contribution in [0.15, 0.2) is 30.3 Å². The molecule has 1 aromatic carbocycles. The Kier molecular flexibility index (Phi) is 6.36. The predicted molar refractivity (Wildman–Crippen MR) is 88.3 cm³/mol. The van der Waals surface area contributed by atoms with Crippen molar-refractivity contribution in [2.24, 2.45) is 0 Å². The molecule has 6 nitrogen and oxygen atoms in total. The van der Waals surface area contributed by atoms with E-state index in [9.17, 15) is 0 Å². The molecule has 0 saturated carbocycles. The number of aromatic nitrogens is 3. The minimum atomic E-state index is 0.0657. The SMILES string of the molecule is CCOCCNc1nc(Cl)nc(N[C@@H](C)c2ccccc2)n1. The number of nitrogens with zero attached hydrogens (tertiary/aromatic N) is 3. The highest BCUT2D eigenvalue weighted by Crippen LogP contribution is 2.18. The van der Waals surface area contributed by atoms with Crippen LogP contribution in [0.3, 0.4) is 0 Å². The molecule has 0 aliphatic rings. The van der Waals surface area contributed by atoms with Gasteiger partial charge >= 0.3 is 0 Å². The van der Waals surface area contributed by atoms with E-state index in [1.54, 1.807) is 0 Å². The van der Waals surface area contributed by atoms with Crippen LogP contribution in [0.5, 0.6) is 0 Å². The maximum atomic E-state index is 5.95. The van der Waals surface area contributed by atoms with E-state index >= 15 is 0 Å². The molecule has 0 saturated heterocycles. The van der Waals surface area contributed by atoms with Gasteiger partial charge in [0.2, 0.25) is 17.2 Å². The number of benzene rings is 1. The first-order chi connectivity index (χ1) is 10.7. The molecule has 1 atom stereocenters. The van der Waals surface area contributed by atoms with Crippen molar-refractivity contribution in [3.8, 4) is 0 Å². The number of ether oxygens (including phenoxy) is 1. The second kappa shape index (κ2) is 8.51. The Labute approximate surface area is 135 Å². The lowest BCUT2D eigenvalue weighted by Crippen LogP contribution is -2.14. The fraction of sp³-hybridized carbons (Fsp3) is 0.400. The molecule has 2 rings (SSSR count). The standard InChI is InChI=1S/C15H20ClN5O/c1-3-22-10-9-17-14-19-13(16)20-15(21-14)18-11(2)12-7-5-4-6-8-12/h4-8,11H,3,9-10H2,1-2H3,(H2,17,18,19,20,21)/t11-/m0/s1. The van der Waals surface area contributed by atoms with Crippen LogP contribution >= 0.6 is 11.6 Å². The minimum Gasteiger partial charge on any atom is -0.380 e. The van der Waals surface area contributed by atoms with E-state index in [4.69, 9.17) is 16.3 Å². The molecule has 22 heavy (non-hydrogen) atoms. The van der Waals surface area contributed by atoms with Gasteiger partial charge in [-0.2, -0.15) is 15.0 Å². The second-order valence-corrected chi connectivity index (χ2v) is 4.99. The summed E-state index contributed by atoms with van der Waals surface area (Å²) in [4.78, 5) is 12.5. The molecule has 0 unspecified atom stereocenters. The van der Waals surface area contributed by atoms with E-state index in [0.717, 1.165) is 5.56 Å². The first kappa shape index (κ1) is 16.5. The van der Waals surface area contributed by atoms with Crippen LogP contribution in [0.25, 0.3) is 0 Å². The summed E-state index contributed by atoms with van der Waals surface area (Å²) in [5.41, 5.74) is 1.14. The van der Waals surface area contributed by atoms with Crippen molar-refractivity contribution >= 4 is 23.5 Å². The number of hydrogen-bond donors (Lipinski definition) is 2. The van der Waals surface area contributed by atoms with Gasteiger partial charge in [0.1, 0.15) is 0 Å². The smallest absolute Gasteiger partial charge is 0.229 e. The molecule has 0 aliphatic carbocycles. The van der Waals surface area contributed by atoms with Gasteiger partial charge in [-0.15, -0.1) is 0 Å². The van der Waals surface area contributed by atoms with Crippen molar-refractivity contribution in [3.63, 3.8) is 0 Å². The summed E-state index contributed by atoms with van der Waals surface area (Å²) in [6, 6.07) is 10.1. The van der Waals surface area contributed by atoms with E-state index in [-0.39, 0.29) is 11.3 Å². The summed E-state index contributed by atoms with van der Waals surface area (Å²) in [6.07, 6.45) is 0. The molecular formula is C15H20ClN5O. The average Bonchev–Trinajstić information content (AvgIpc) is 2.52. The first-order valence-corrected chi connectivity index (χ1v) is 7.61. The monoisotopic (exact) mass is 321 g/mol. The van der Waals surface area contributed by atoms with Crippen LogP contribution in [0.1, 0.15) is 25.5 Å². The molecular weight excluding hydrogens is 302 g/mol. The average molecular weight is 322 g/mol. The van der Waals surface area contributed by atoms with Gasteiger partial charge < -0.3 is 15.4 Å². The summed E-state index contributed by atoms with van der Waals surface area (Å²) in [6.45, 7) is 5.87. The van der Waals surface area contributed by atoms with Crippen molar-refractivity contribution in [3.05, 3.63) is 41.2 Å². The third-order valence-corrected chi connectivity index (χ3v) is 3.16. The lowest BCUT2D eigenvalue weighted by molar-refractivity contribution is 0.158. The van der Waals surface area contributed by atoms with E-state index in [1.807, 2.05) is 44.2 Å². The van der Waals surface area contributed by atoms with Crippen molar-refractivity contribution in [2.45, 2.75) is 19.9 Å². The van der Waals surface area contributed by atoms with Gasteiger partial charge in [0.15, 0.2) is 0 Å². The Balaban J connectivity index is 2.00. The van der Waals surface area contributed by atoms with E-state index in [1.165, 1.54) is 0 Å². The minimum absolute atomic E-state index is 0.0657. The maximum absolute atomic E-state index is 5.95. The van der Waals surface area contributed by atoms with Gasteiger partial charge in [0.25, 0.3) is 0 Å². The van der Waals surface area contributed by atoms with E-state index in [0.29, 0.717) is 31.7 Å². The molecule has 0 spiro atoms. The molecule has 118 valence electrons. The van der Waals surface area contributed by atoms with Gasteiger partial charge in [-0.3, -0.25) is 0 Å². The fourth-order valence-corrected chi connectivity index (χ4v) is 2.05. The van der Waals surface area contributed by atoms with Crippen LogP contribution in [-0.2, 0) is 4.74 Å². The third-order valence-electron chi connectivity index (χ3n) is 2.99. The maximum Gasteiger partial charge on any atom is 0.229 e. The first-order valence-electron chi connectivity index (χ1n) is 7.23. The number of nitrogens with one attached hydrogen (secondary N) is 2. The van der Waals surface area contributed by atoms with Crippen molar-refractivity contribution in [1.82, 2.24) is 15.0 Å². The summed E-state index contributed by atoms with van der Waals surface area (Å²) in [5, 5.41) is 6.43. The van der Waals surface area contributed by atoms with E-state index < -0.39 is 0 Å². The Bertz CT molecular complexity index is 581. The Morgan fingerprint density at radius 1 is 1.14 bits per heavy atom. The number of rotatable bonds is 8. The molecule has 2 aromatic rings. The zero-order valence-corrected chi connectivity index (χ0v) is 13.5. The highest BCUT2D eigenvalue weighted by molar-refractivity contribution is 6.28. The molecule has 0 radical (unpaired) electrons. The summed E-state index contributed by atoms with van der Waals surface area (Å²) < 4.78 is 5.26.